The second kappa shape index (κ2) is 5.72. The maximum atomic E-state index is 11.4. The molecule has 3 nitrogen and oxygen atoms in total. The second-order valence-electron chi connectivity index (χ2n) is 4.33. The fraction of sp³-hybridized carbons (Fsp3) is 0.231. The summed E-state index contributed by atoms with van der Waals surface area (Å²) in [5.74, 6) is 0.0259. The Morgan fingerprint density at radius 3 is 2.22 bits per heavy atom. The Labute approximate surface area is 129 Å². The average molecular weight is 274 g/mol. The molecule has 0 heterocycles. The molecular weight excluding hydrogens is 259 g/mol. The van der Waals surface area contributed by atoms with Crippen molar-refractivity contribution in [1.82, 2.24) is 0 Å². The zero-order valence-corrected chi connectivity index (χ0v) is 10.5. The number of rotatable bonds is 2. The SMILES string of the molecule is CC(C)c1c(S(=O)(=O)O)ccc2ccccc12.[NaH]. The van der Waals surface area contributed by atoms with Gasteiger partial charge < -0.3 is 0 Å². The Morgan fingerprint density at radius 2 is 1.67 bits per heavy atom. The molecule has 0 aliphatic rings. The number of hydrogen-bond acceptors (Lipinski definition) is 2. The average Bonchev–Trinajstić information content (AvgIpc) is 2.26. The van der Waals surface area contributed by atoms with Gasteiger partial charge in [-0.3, -0.25) is 4.55 Å². The van der Waals surface area contributed by atoms with Crippen LogP contribution in [0.5, 0.6) is 0 Å². The van der Waals surface area contributed by atoms with E-state index in [4.69, 9.17) is 0 Å². The van der Waals surface area contributed by atoms with E-state index in [0.717, 1.165) is 10.8 Å². The van der Waals surface area contributed by atoms with Crippen LogP contribution in [0.3, 0.4) is 0 Å². The molecule has 2 rings (SSSR count). The summed E-state index contributed by atoms with van der Waals surface area (Å²) in [6.45, 7) is 3.83. The van der Waals surface area contributed by atoms with Crippen LogP contribution in [-0.2, 0) is 10.1 Å². The summed E-state index contributed by atoms with van der Waals surface area (Å²) >= 11 is 0. The van der Waals surface area contributed by atoms with Crippen LogP contribution in [0.25, 0.3) is 10.8 Å². The van der Waals surface area contributed by atoms with Crippen molar-refractivity contribution < 1.29 is 13.0 Å². The molecule has 0 unspecified atom stereocenters. The van der Waals surface area contributed by atoms with Crippen LogP contribution in [-0.4, -0.2) is 42.5 Å². The second-order valence-corrected chi connectivity index (χ2v) is 5.72. The molecular formula is C13H15NaO3S. The Balaban J connectivity index is 0.00000162. The summed E-state index contributed by atoms with van der Waals surface area (Å²) in [5.41, 5.74) is 0.672. The van der Waals surface area contributed by atoms with E-state index in [9.17, 15) is 13.0 Å². The van der Waals surface area contributed by atoms with E-state index in [2.05, 4.69) is 0 Å². The Kier molecular flexibility index (Phi) is 4.98. The van der Waals surface area contributed by atoms with Gasteiger partial charge in [0.05, 0.1) is 4.90 Å². The topological polar surface area (TPSA) is 54.4 Å². The van der Waals surface area contributed by atoms with Gasteiger partial charge in [-0.25, -0.2) is 0 Å². The van der Waals surface area contributed by atoms with Crippen LogP contribution < -0.4 is 0 Å². The van der Waals surface area contributed by atoms with Crippen LogP contribution >= 0.6 is 0 Å². The molecule has 92 valence electrons. The fourth-order valence-corrected chi connectivity index (χ4v) is 2.96. The quantitative estimate of drug-likeness (QED) is 0.676. The summed E-state index contributed by atoms with van der Waals surface area (Å²) in [5, 5.41) is 1.85. The van der Waals surface area contributed by atoms with E-state index >= 15 is 0 Å². The Hall–Kier alpha value is -0.390. The summed E-state index contributed by atoms with van der Waals surface area (Å²) in [6.07, 6.45) is 0. The molecule has 0 saturated carbocycles. The van der Waals surface area contributed by atoms with Gasteiger partial charge in [0.2, 0.25) is 0 Å². The van der Waals surface area contributed by atoms with Gasteiger partial charge in [0, 0.05) is 0 Å². The van der Waals surface area contributed by atoms with Gasteiger partial charge in [-0.15, -0.1) is 0 Å². The predicted octanol–water partition coefficient (Wildman–Crippen LogP) is 2.56. The zero-order valence-electron chi connectivity index (χ0n) is 9.71. The summed E-state index contributed by atoms with van der Waals surface area (Å²) in [4.78, 5) is 0.00574. The Morgan fingerprint density at radius 1 is 1.06 bits per heavy atom. The molecule has 5 heteroatoms. The first kappa shape index (κ1) is 15.7. The van der Waals surface area contributed by atoms with Crippen LogP contribution in [0.2, 0.25) is 0 Å². The monoisotopic (exact) mass is 274 g/mol. The summed E-state index contributed by atoms with van der Waals surface area (Å²) in [7, 11) is -4.17. The van der Waals surface area contributed by atoms with Crippen molar-refractivity contribution in [2.75, 3.05) is 0 Å². The molecule has 18 heavy (non-hydrogen) atoms. The van der Waals surface area contributed by atoms with E-state index in [1.165, 1.54) is 6.07 Å². The van der Waals surface area contributed by atoms with Gasteiger partial charge in [-0.1, -0.05) is 44.2 Å². The van der Waals surface area contributed by atoms with Crippen molar-refractivity contribution in [2.24, 2.45) is 0 Å². The third-order valence-electron chi connectivity index (χ3n) is 2.79. The molecule has 2 aromatic rings. The van der Waals surface area contributed by atoms with E-state index < -0.39 is 10.1 Å². The number of benzene rings is 2. The van der Waals surface area contributed by atoms with Crippen molar-refractivity contribution >= 4 is 50.4 Å². The maximum absolute atomic E-state index is 11.4. The molecule has 0 bridgehead atoms. The number of fused-ring (bicyclic) bond motifs is 1. The minimum absolute atomic E-state index is 0. The van der Waals surface area contributed by atoms with Gasteiger partial charge >= 0.3 is 29.6 Å². The number of hydrogen-bond donors (Lipinski definition) is 1. The first-order chi connectivity index (χ1) is 7.91. The van der Waals surface area contributed by atoms with Gasteiger partial charge in [-0.05, 0) is 28.3 Å². The standard InChI is InChI=1S/C13H14O3S.Na.H/c1-9(2)13-11-6-4-3-5-10(11)7-8-12(13)17(14,15)16;;/h3-9H,1-2H3,(H,14,15,16);;. The summed E-state index contributed by atoms with van der Waals surface area (Å²) < 4.78 is 32.0. The third-order valence-corrected chi connectivity index (χ3v) is 3.70. The Bertz CT molecular complexity index is 663. The van der Waals surface area contributed by atoms with Gasteiger partial charge in [0.1, 0.15) is 0 Å². The van der Waals surface area contributed by atoms with E-state index in [0.29, 0.717) is 5.56 Å². The third kappa shape index (κ3) is 2.95. The van der Waals surface area contributed by atoms with Crippen molar-refractivity contribution in [3.8, 4) is 0 Å². The molecule has 0 atom stereocenters. The molecule has 0 spiro atoms. The van der Waals surface area contributed by atoms with Crippen LogP contribution in [0, 0.1) is 0 Å². The molecule has 0 saturated heterocycles. The first-order valence-electron chi connectivity index (χ1n) is 5.40. The van der Waals surface area contributed by atoms with Crippen LogP contribution in [0.1, 0.15) is 25.3 Å². The fourth-order valence-electron chi connectivity index (χ4n) is 2.10. The molecule has 1 N–H and O–H groups in total. The predicted molar refractivity (Wildman–Crippen MR) is 75.0 cm³/mol. The van der Waals surface area contributed by atoms with Crippen molar-refractivity contribution in [1.29, 1.82) is 0 Å². The van der Waals surface area contributed by atoms with Crippen molar-refractivity contribution in [3.05, 3.63) is 42.0 Å². The zero-order chi connectivity index (χ0) is 12.6. The van der Waals surface area contributed by atoms with Gasteiger partial charge in [0.15, 0.2) is 0 Å². The molecule has 0 aromatic heterocycles. The molecule has 0 aliphatic carbocycles. The molecule has 0 radical (unpaired) electrons. The van der Waals surface area contributed by atoms with Crippen LogP contribution in [0.15, 0.2) is 41.3 Å². The van der Waals surface area contributed by atoms with Crippen molar-refractivity contribution in [3.63, 3.8) is 0 Å². The minimum atomic E-state index is -4.17. The van der Waals surface area contributed by atoms with E-state index in [1.807, 2.05) is 38.1 Å². The van der Waals surface area contributed by atoms with Crippen molar-refractivity contribution in [2.45, 2.75) is 24.7 Å². The van der Waals surface area contributed by atoms with Gasteiger partial charge in [0.25, 0.3) is 10.1 Å². The normalized spacial score (nSPS) is 11.6. The van der Waals surface area contributed by atoms with E-state index in [-0.39, 0.29) is 40.4 Å². The van der Waals surface area contributed by atoms with E-state index in [1.54, 1.807) is 6.07 Å². The molecule has 2 aromatic carbocycles. The first-order valence-corrected chi connectivity index (χ1v) is 6.84. The molecule has 0 fully saturated rings. The molecule has 0 amide bonds. The summed E-state index contributed by atoms with van der Waals surface area (Å²) in [6, 6.07) is 10.7. The van der Waals surface area contributed by atoms with Crippen LogP contribution in [0.4, 0.5) is 0 Å². The van der Waals surface area contributed by atoms with Gasteiger partial charge in [-0.2, -0.15) is 8.42 Å². The molecule has 0 aliphatic heterocycles.